The topological polar surface area (TPSA) is 12.0 Å². The first kappa shape index (κ1) is 12.7. The second-order valence-corrected chi connectivity index (χ2v) is 5.64. The van der Waals surface area contributed by atoms with Gasteiger partial charge in [-0.2, -0.15) is 0 Å². The third kappa shape index (κ3) is 3.15. The van der Waals surface area contributed by atoms with Crippen molar-refractivity contribution in [2.45, 2.75) is 12.5 Å². The molecule has 1 nitrogen and oxygen atoms in total. The number of rotatable bonds is 4. The van der Waals surface area contributed by atoms with Crippen LogP contribution in [-0.4, -0.2) is 7.05 Å². The first-order valence-electron chi connectivity index (χ1n) is 5.35. The standard InChI is InChI=1S/C13H13BrFNS/c1-16-12(8-13-11(14)6-7-17-13)9-2-4-10(15)5-3-9/h2-7,12,16H,8H2,1H3. The van der Waals surface area contributed by atoms with Gasteiger partial charge in [0, 0.05) is 21.8 Å². The van der Waals surface area contributed by atoms with Gasteiger partial charge in [-0.05, 0) is 52.1 Å². The van der Waals surface area contributed by atoms with Gasteiger partial charge in [0.15, 0.2) is 0 Å². The van der Waals surface area contributed by atoms with Crippen molar-refractivity contribution < 1.29 is 4.39 Å². The molecule has 0 aliphatic rings. The molecular weight excluding hydrogens is 301 g/mol. The quantitative estimate of drug-likeness (QED) is 0.894. The summed E-state index contributed by atoms with van der Waals surface area (Å²) in [5, 5.41) is 5.33. The van der Waals surface area contributed by atoms with Crippen LogP contribution in [-0.2, 0) is 6.42 Å². The molecule has 1 aromatic heterocycles. The summed E-state index contributed by atoms with van der Waals surface area (Å²) in [6.45, 7) is 0. The number of benzene rings is 1. The van der Waals surface area contributed by atoms with Crippen LogP contribution in [0.5, 0.6) is 0 Å². The van der Waals surface area contributed by atoms with Crippen LogP contribution in [0, 0.1) is 5.82 Å². The average molecular weight is 314 g/mol. The van der Waals surface area contributed by atoms with Gasteiger partial charge in [0.1, 0.15) is 5.82 Å². The summed E-state index contributed by atoms with van der Waals surface area (Å²) in [6, 6.07) is 8.94. The number of nitrogens with one attached hydrogen (secondary N) is 1. The Labute approximate surface area is 113 Å². The maximum atomic E-state index is 12.9. The van der Waals surface area contributed by atoms with Crippen LogP contribution in [0.3, 0.4) is 0 Å². The normalized spacial score (nSPS) is 12.6. The molecule has 0 fully saturated rings. The van der Waals surface area contributed by atoms with E-state index in [-0.39, 0.29) is 11.9 Å². The molecule has 1 N–H and O–H groups in total. The lowest BCUT2D eigenvalue weighted by Crippen LogP contribution is -2.18. The molecule has 4 heteroatoms. The molecule has 2 aromatic rings. The van der Waals surface area contributed by atoms with Crippen LogP contribution in [0.4, 0.5) is 4.39 Å². The SMILES string of the molecule is CNC(Cc1sccc1Br)c1ccc(F)cc1. The largest absolute Gasteiger partial charge is 0.313 e. The van der Waals surface area contributed by atoms with Gasteiger partial charge in [-0.1, -0.05) is 12.1 Å². The Balaban J connectivity index is 2.17. The second kappa shape index (κ2) is 5.76. The Morgan fingerprint density at radius 1 is 1.29 bits per heavy atom. The lowest BCUT2D eigenvalue weighted by Gasteiger charge is -2.16. The minimum Gasteiger partial charge on any atom is -0.313 e. The maximum Gasteiger partial charge on any atom is 0.123 e. The van der Waals surface area contributed by atoms with Crippen molar-refractivity contribution in [2.75, 3.05) is 7.05 Å². The fraction of sp³-hybridized carbons (Fsp3) is 0.231. The smallest absolute Gasteiger partial charge is 0.123 e. The fourth-order valence-corrected chi connectivity index (χ4v) is 3.30. The van der Waals surface area contributed by atoms with E-state index in [0.29, 0.717) is 0 Å². The van der Waals surface area contributed by atoms with Gasteiger partial charge in [0.05, 0.1) is 0 Å². The summed E-state index contributed by atoms with van der Waals surface area (Å²) in [7, 11) is 1.93. The van der Waals surface area contributed by atoms with Crippen LogP contribution in [0.15, 0.2) is 40.2 Å². The van der Waals surface area contributed by atoms with Gasteiger partial charge in [0.25, 0.3) is 0 Å². The molecule has 0 bridgehead atoms. The Bertz CT molecular complexity index is 480. The monoisotopic (exact) mass is 313 g/mol. The van der Waals surface area contributed by atoms with Gasteiger partial charge >= 0.3 is 0 Å². The number of hydrogen-bond donors (Lipinski definition) is 1. The highest BCUT2D eigenvalue weighted by Gasteiger charge is 2.12. The Morgan fingerprint density at radius 3 is 2.53 bits per heavy atom. The van der Waals surface area contributed by atoms with E-state index in [4.69, 9.17) is 0 Å². The van der Waals surface area contributed by atoms with Crippen LogP contribution in [0.25, 0.3) is 0 Å². The number of likely N-dealkylation sites (N-methyl/N-ethyl adjacent to an activating group) is 1. The minimum absolute atomic E-state index is 0.194. The van der Waals surface area contributed by atoms with Crippen LogP contribution >= 0.6 is 27.3 Å². The summed E-state index contributed by atoms with van der Waals surface area (Å²) in [5.74, 6) is -0.194. The molecule has 0 saturated heterocycles. The summed E-state index contributed by atoms with van der Waals surface area (Å²) in [5.41, 5.74) is 1.11. The van der Waals surface area contributed by atoms with Crippen LogP contribution in [0.1, 0.15) is 16.5 Å². The third-order valence-corrected chi connectivity index (χ3v) is 4.65. The van der Waals surface area contributed by atoms with Crippen LogP contribution in [0.2, 0.25) is 0 Å². The zero-order chi connectivity index (χ0) is 12.3. The van der Waals surface area contributed by atoms with Crippen molar-refractivity contribution in [3.63, 3.8) is 0 Å². The van der Waals surface area contributed by atoms with E-state index in [2.05, 4.69) is 32.7 Å². The molecule has 90 valence electrons. The van der Waals surface area contributed by atoms with E-state index in [1.807, 2.05) is 19.2 Å². The molecule has 1 aromatic carbocycles. The molecule has 0 saturated carbocycles. The van der Waals surface area contributed by atoms with Gasteiger partial charge in [-0.15, -0.1) is 11.3 Å². The predicted octanol–water partition coefficient (Wildman–Crippen LogP) is 4.15. The van der Waals surface area contributed by atoms with Crippen molar-refractivity contribution in [3.8, 4) is 0 Å². The molecule has 1 unspecified atom stereocenters. The van der Waals surface area contributed by atoms with Crippen molar-refractivity contribution in [2.24, 2.45) is 0 Å². The van der Waals surface area contributed by atoms with Gasteiger partial charge in [0.2, 0.25) is 0 Å². The first-order chi connectivity index (χ1) is 8.20. The summed E-state index contributed by atoms with van der Waals surface area (Å²) >= 11 is 5.26. The Hall–Kier alpha value is -0.710. The van der Waals surface area contributed by atoms with Crippen molar-refractivity contribution in [1.29, 1.82) is 0 Å². The second-order valence-electron chi connectivity index (χ2n) is 3.79. The average Bonchev–Trinajstić information content (AvgIpc) is 2.73. The van der Waals surface area contributed by atoms with E-state index in [0.717, 1.165) is 16.5 Å². The summed E-state index contributed by atoms with van der Waals surface area (Å²) in [6.07, 6.45) is 0.903. The molecule has 17 heavy (non-hydrogen) atoms. The fourth-order valence-electron chi connectivity index (χ4n) is 1.74. The summed E-state index contributed by atoms with van der Waals surface area (Å²) in [4.78, 5) is 1.30. The first-order valence-corrected chi connectivity index (χ1v) is 7.02. The van der Waals surface area contributed by atoms with Gasteiger partial charge in [-0.25, -0.2) is 4.39 Å². The molecular formula is C13H13BrFNS. The van der Waals surface area contributed by atoms with E-state index < -0.39 is 0 Å². The zero-order valence-corrected chi connectivity index (χ0v) is 11.8. The van der Waals surface area contributed by atoms with E-state index in [9.17, 15) is 4.39 Å². The molecule has 0 aliphatic carbocycles. The van der Waals surface area contributed by atoms with Crippen molar-refractivity contribution in [1.82, 2.24) is 5.32 Å². The van der Waals surface area contributed by atoms with Crippen LogP contribution < -0.4 is 5.32 Å². The predicted molar refractivity (Wildman–Crippen MR) is 73.9 cm³/mol. The molecule has 0 radical (unpaired) electrons. The number of hydrogen-bond acceptors (Lipinski definition) is 2. The maximum absolute atomic E-state index is 12.9. The highest BCUT2D eigenvalue weighted by atomic mass is 79.9. The molecule has 0 spiro atoms. The molecule has 2 rings (SSSR count). The van der Waals surface area contributed by atoms with E-state index in [1.165, 1.54) is 17.0 Å². The third-order valence-electron chi connectivity index (χ3n) is 2.70. The highest BCUT2D eigenvalue weighted by molar-refractivity contribution is 9.10. The molecule has 1 heterocycles. The molecule has 0 aliphatic heterocycles. The molecule has 0 amide bonds. The minimum atomic E-state index is -0.194. The van der Waals surface area contributed by atoms with E-state index >= 15 is 0 Å². The highest BCUT2D eigenvalue weighted by Crippen LogP contribution is 2.28. The summed E-state index contributed by atoms with van der Waals surface area (Å²) < 4.78 is 14.0. The Kier molecular flexibility index (Phi) is 4.31. The zero-order valence-electron chi connectivity index (χ0n) is 9.41. The lowest BCUT2D eigenvalue weighted by molar-refractivity contribution is 0.589. The van der Waals surface area contributed by atoms with Gasteiger partial charge < -0.3 is 5.32 Å². The lowest BCUT2D eigenvalue weighted by atomic mass is 10.0. The number of halogens is 2. The van der Waals surface area contributed by atoms with Crippen molar-refractivity contribution in [3.05, 3.63) is 56.4 Å². The number of thiophene rings is 1. The molecule has 1 atom stereocenters. The van der Waals surface area contributed by atoms with E-state index in [1.54, 1.807) is 11.3 Å². The van der Waals surface area contributed by atoms with Gasteiger partial charge in [-0.3, -0.25) is 0 Å². The van der Waals surface area contributed by atoms with Crippen molar-refractivity contribution >= 4 is 27.3 Å². The Morgan fingerprint density at radius 2 is 2.00 bits per heavy atom.